The molecular formula is C12H16BrClO3S. The number of benzene rings is 1. The van der Waals surface area contributed by atoms with Gasteiger partial charge in [-0.05, 0) is 31.0 Å². The van der Waals surface area contributed by atoms with Crippen molar-refractivity contribution < 1.29 is 13.2 Å². The van der Waals surface area contributed by atoms with Crippen molar-refractivity contribution in [2.45, 2.75) is 19.2 Å². The first kappa shape index (κ1) is 15.8. The lowest BCUT2D eigenvalue weighted by atomic mass is 10.1. The van der Waals surface area contributed by atoms with Gasteiger partial charge in [-0.15, -0.1) is 11.6 Å². The highest BCUT2D eigenvalue weighted by molar-refractivity contribution is 9.10. The van der Waals surface area contributed by atoms with E-state index in [1.807, 2.05) is 19.1 Å². The summed E-state index contributed by atoms with van der Waals surface area (Å²) in [4.78, 5) is 0. The number of hydrogen-bond acceptors (Lipinski definition) is 3. The van der Waals surface area contributed by atoms with Crippen LogP contribution in [0.2, 0.25) is 0 Å². The van der Waals surface area contributed by atoms with Crippen LogP contribution in [0.4, 0.5) is 0 Å². The second-order valence-electron chi connectivity index (χ2n) is 4.18. The van der Waals surface area contributed by atoms with E-state index in [1.54, 1.807) is 0 Å². The Morgan fingerprint density at radius 3 is 2.61 bits per heavy atom. The maximum absolute atomic E-state index is 11.0. The molecule has 102 valence electrons. The Hall–Kier alpha value is -0.260. The predicted octanol–water partition coefficient (Wildman–Crippen LogP) is 3.31. The third-order valence-electron chi connectivity index (χ3n) is 2.37. The van der Waals surface area contributed by atoms with E-state index in [9.17, 15) is 8.42 Å². The fraction of sp³-hybridized carbons (Fsp3) is 0.500. The summed E-state index contributed by atoms with van der Waals surface area (Å²) in [6.07, 6.45) is 1.71. The summed E-state index contributed by atoms with van der Waals surface area (Å²) in [7, 11) is -2.92. The van der Waals surface area contributed by atoms with Gasteiger partial charge in [-0.2, -0.15) is 0 Å². The molecule has 6 heteroatoms. The molecule has 1 aromatic rings. The molecule has 0 atom stereocenters. The highest BCUT2D eigenvalue weighted by atomic mass is 79.9. The van der Waals surface area contributed by atoms with Crippen LogP contribution < -0.4 is 4.74 Å². The minimum absolute atomic E-state index is 0.138. The third-order valence-corrected chi connectivity index (χ3v) is 4.14. The molecule has 0 bridgehead atoms. The van der Waals surface area contributed by atoms with Crippen LogP contribution in [-0.2, 0) is 15.7 Å². The number of sulfone groups is 1. The van der Waals surface area contributed by atoms with E-state index < -0.39 is 9.84 Å². The van der Waals surface area contributed by atoms with Crippen molar-refractivity contribution >= 4 is 37.4 Å². The fourth-order valence-electron chi connectivity index (χ4n) is 1.60. The maximum Gasteiger partial charge on any atom is 0.147 e. The number of rotatable bonds is 6. The van der Waals surface area contributed by atoms with Crippen LogP contribution in [0.5, 0.6) is 5.75 Å². The molecule has 0 N–H and O–H groups in total. The topological polar surface area (TPSA) is 43.4 Å². The van der Waals surface area contributed by atoms with Gasteiger partial charge in [-0.3, -0.25) is 0 Å². The highest BCUT2D eigenvalue weighted by Crippen LogP contribution is 2.29. The lowest BCUT2D eigenvalue weighted by molar-refractivity contribution is 0.313. The van der Waals surface area contributed by atoms with Gasteiger partial charge in [0.1, 0.15) is 15.6 Å². The van der Waals surface area contributed by atoms with E-state index in [0.717, 1.165) is 21.3 Å². The number of aryl methyl sites for hydroxylation is 1. The van der Waals surface area contributed by atoms with Crippen LogP contribution in [0.15, 0.2) is 16.6 Å². The van der Waals surface area contributed by atoms with Crippen LogP contribution in [0.1, 0.15) is 17.5 Å². The van der Waals surface area contributed by atoms with Crippen LogP contribution in [0, 0.1) is 6.92 Å². The van der Waals surface area contributed by atoms with Crippen molar-refractivity contribution in [1.29, 1.82) is 0 Å². The molecule has 0 aliphatic carbocycles. The van der Waals surface area contributed by atoms with Crippen molar-refractivity contribution in [3.63, 3.8) is 0 Å². The minimum atomic E-state index is -2.92. The molecule has 0 unspecified atom stereocenters. The molecule has 0 fully saturated rings. The van der Waals surface area contributed by atoms with Crippen molar-refractivity contribution in [3.05, 3.63) is 27.7 Å². The summed E-state index contributed by atoms with van der Waals surface area (Å²) in [5.74, 6) is 1.25. The largest absolute Gasteiger partial charge is 0.493 e. The molecule has 0 aromatic heterocycles. The van der Waals surface area contributed by atoms with Gasteiger partial charge in [-0.1, -0.05) is 15.9 Å². The fourth-order valence-corrected chi connectivity index (χ4v) is 3.06. The Labute approximate surface area is 122 Å². The second kappa shape index (κ2) is 6.78. The van der Waals surface area contributed by atoms with Gasteiger partial charge in [0, 0.05) is 16.3 Å². The van der Waals surface area contributed by atoms with E-state index in [-0.39, 0.29) is 5.75 Å². The smallest absolute Gasteiger partial charge is 0.147 e. The van der Waals surface area contributed by atoms with E-state index in [4.69, 9.17) is 16.3 Å². The molecule has 0 spiro atoms. The summed E-state index contributed by atoms with van der Waals surface area (Å²) in [5, 5.41) is 0. The average molecular weight is 356 g/mol. The Morgan fingerprint density at radius 1 is 1.39 bits per heavy atom. The number of alkyl halides is 1. The summed E-state index contributed by atoms with van der Waals surface area (Å²) in [6.45, 7) is 2.31. The first-order chi connectivity index (χ1) is 8.33. The Morgan fingerprint density at radius 2 is 2.06 bits per heavy atom. The zero-order chi connectivity index (χ0) is 13.8. The third kappa shape index (κ3) is 5.16. The van der Waals surface area contributed by atoms with Crippen LogP contribution in [0.3, 0.4) is 0 Å². The molecule has 1 aromatic carbocycles. The first-order valence-electron chi connectivity index (χ1n) is 5.49. The van der Waals surface area contributed by atoms with Crippen molar-refractivity contribution in [3.8, 4) is 5.75 Å². The van der Waals surface area contributed by atoms with Gasteiger partial charge < -0.3 is 4.74 Å². The molecule has 0 radical (unpaired) electrons. The molecule has 0 saturated heterocycles. The zero-order valence-electron chi connectivity index (χ0n) is 10.4. The molecule has 0 aliphatic heterocycles. The average Bonchev–Trinajstić information content (AvgIpc) is 2.24. The second-order valence-corrected chi connectivity index (χ2v) is 7.62. The first-order valence-corrected chi connectivity index (χ1v) is 8.88. The van der Waals surface area contributed by atoms with E-state index in [1.165, 1.54) is 6.26 Å². The van der Waals surface area contributed by atoms with E-state index >= 15 is 0 Å². The summed E-state index contributed by atoms with van der Waals surface area (Å²) in [5.41, 5.74) is 1.89. The molecule has 18 heavy (non-hydrogen) atoms. The predicted molar refractivity (Wildman–Crippen MR) is 78.3 cm³/mol. The van der Waals surface area contributed by atoms with Crippen LogP contribution in [-0.4, -0.2) is 27.0 Å². The molecule has 0 heterocycles. The summed E-state index contributed by atoms with van der Waals surface area (Å²) < 4.78 is 28.6. The molecular weight excluding hydrogens is 340 g/mol. The number of halogens is 2. The minimum Gasteiger partial charge on any atom is -0.493 e. The standard InChI is InChI=1S/C12H16BrClO3S/c1-9-6-11(13)7-10(8-14)12(9)17-4-3-5-18(2,15)16/h6-7H,3-5,8H2,1-2H3. The summed E-state index contributed by atoms with van der Waals surface area (Å²) >= 11 is 9.27. The van der Waals surface area contributed by atoms with Crippen LogP contribution >= 0.6 is 27.5 Å². The van der Waals surface area contributed by atoms with Crippen molar-refractivity contribution in [2.24, 2.45) is 0 Å². The normalized spacial score (nSPS) is 11.6. The highest BCUT2D eigenvalue weighted by Gasteiger charge is 2.09. The Balaban J connectivity index is 2.67. The van der Waals surface area contributed by atoms with Gasteiger partial charge in [0.25, 0.3) is 0 Å². The zero-order valence-corrected chi connectivity index (χ0v) is 13.5. The van der Waals surface area contributed by atoms with Gasteiger partial charge >= 0.3 is 0 Å². The summed E-state index contributed by atoms with van der Waals surface area (Å²) in [6, 6.07) is 3.86. The Bertz CT molecular complexity index is 514. The maximum atomic E-state index is 11.0. The lowest BCUT2D eigenvalue weighted by Gasteiger charge is -2.13. The van der Waals surface area contributed by atoms with E-state index in [0.29, 0.717) is 18.9 Å². The molecule has 0 amide bonds. The number of ether oxygens (including phenoxy) is 1. The van der Waals surface area contributed by atoms with Gasteiger partial charge in [0.05, 0.1) is 18.2 Å². The van der Waals surface area contributed by atoms with Gasteiger partial charge in [0.2, 0.25) is 0 Å². The molecule has 3 nitrogen and oxygen atoms in total. The van der Waals surface area contributed by atoms with Crippen molar-refractivity contribution in [2.75, 3.05) is 18.6 Å². The van der Waals surface area contributed by atoms with Crippen LogP contribution in [0.25, 0.3) is 0 Å². The van der Waals surface area contributed by atoms with Gasteiger partial charge in [-0.25, -0.2) is 8.42 Å². The molecule has 0 aliphatic rings. The molecule has 0 saturated carbocycles. The number of hydrogen-bond donors (Lipinski definition) is 0. The quantitative estimate of drug-likeness (QED) is 0.581. The van der Waals surface area contributed by atoms with E-state index in [2.05, 4.69) is 15.9 Å². The SMILES string of the molecule is Cc1cc(Br)cc(CCl)c1OCCCS(C)(=O)=O. The monoisotopic (exact) mass is 354 g/mol. The lowest BCUT2D eigenvalue weighted by Crippen LogP contribution is -2.09. The van der Waals surface area contributed by atoms with Gasteiger partial charge in [0.15, 0.2) is 0 Å². The Kier molecular flexibility index (Phi) is 5.95. The molecule has 1 rings (SSSR count). The van der Waals surface area contributed by atoms with Crippen molar-refractivity contribution in [1.82, 2.24) is 0 Å².